The number of rotatable bonds is 9. The van der Waals surface area contributed by atoms with Gasteiger partial charge >= 0.3 is 0 Å². The summed E-state index contributed by atoms with van der Waals surface area (Å²) in [5, 5.41) is 46.0. The van der Waals surface area contributed by atoms with Crippen molar-refractivity contribution in [2.45, 2.75) is 18.3 Å². The highest BCUT2D eigenvalue weighted by Gasteiger charge is 2.28. The predicted molar refractivity (Wildman–Crippen MR) is 101 cm³/mol. The number of nitrogens with one attached hydrogen (secondary N) is 2. The Morgan fingerprint density at radius 2 is 1.46 bits per heavy atom. The van der Waals surface area contributed by atoms with E-state index in [1.54, 1.807) is 12.1 Å². The molecule has 6 N–H and O–H groups in total. The number of benzene rings is 2. The molecule has 8 nitrogen and oxygen atoms in total. The minimum Gasteiger partial charge on any atom is -0.394 e. The molecular weight excluding hydrogens is 374 g/mol. The van der Waals surface area contributed by atoms with Gasteiger partial charge in [0, 0.05) is 0 Å². The largest absolute Gasteiger partial charge is 0.394 e. The van der Waals surface area contributed by atoms with Gasteiger partial charge in [0.05, 0.1) is 24.2 Å². The van der Waals surface area contributed by atoms with Crippen molar-refractivity contribution in [3.63, 3.8) is 0 Å². The Hall–Kier alpha value is -2.92. The predicted octanol–water partition coefficient (Wildman–Crippen LogP) is 0.906. The number of hydrogen-bond donors (Lipinski definition) is 6. The van der Waals surface area contributed by atoms with E-state index in [2.05, 4.69) is 21.1 Å². The van der Waals surface area contributed by atoms with Crippen LogP contribution >= 0.6 is 0 Å². The number of hydrazone groups is 2. The number of hydrogen-bond acceptors (Lipinski definition) is 8. The Kier molecular flexibility index (Phi) is 7.96. The third kappa shape index (κ3) is 5.79. The van der Waals surface area contributed by atoms with E-state index >= 15 is 0 Å². The monoisotopic (exact) mass is 394 g/mol. The molecule has 2 aromatic carbocycles. The van der Waals surface area contributed by atoms with Crippen LogP contribution in [0.15, 0.2) is 58.7 Å². The second-order valence-corrected chi connectivity index (χ2v) is 5.66. The number of aliphatic hydroxyl groups is 4. The zero-order valence-electron chi connectivity index (χ0n) is 14.6. The lowest BCUT2D eigenvalue weighted by Gasteiger charge is -2.21. The van der Waals surface area contributed by atoms with Gasteiger partial charge in [0.25, 0.3) is 0 Å². The maximum atomic E-state index is 13.7. The van der Waals surface area contributed by atoms with E-state index in [-0.39, 0.29) is 17.1 Å². The van der Waals surface area contributed by atoms with Gasteiger partial charge in [-0.1, -0.05) is 24.3 Å². The molecule has 0 aliphatic rings. The molecule has 28 heavy (non-hydrogen) atoms. The number of anilines is 2. The molecule has 0 saturated heterocycles. The molecule has 0 unspecified atom stereocenters. The van der Waals surface area contributed by atoms with Gasteiger partial charge in [0.1, 0.15) is 35.7 Å². The first-order chi connectivity index (χ1) is 13.4. The van der Waals surface area contributed by atoms with Crippen molar-refractivity contribution < 1.29 is 29.2 Å². The second-order valence-electron chi connectivity index (χ2n) is 5.66. The lowest BCUT2D eigenvalue weighted by Crippen LogP contribution is -2.44. The zero-order chi connectivity index (χ0) is 20.5. The molecule has 2 aromatic rings. The van der Waals surface area contributed by atoms with Crippen LogP contribution in [-0.2, 0) is 0 Å². The highest BCUT2D eigenvalue weighted by molar-refractivity contribution is 6.33. The quantitative estimate of drug-likeness (QED) is 0.277. The summed E-state index contributed by atoms with van der Waals surface area (Å²) >= 11 is 0. The van der Waals surface area contributed by atoms with Crippen molar-refractivity contribution in [1.29, 1.82) is 0 Å². The third-order valence-corrected chi connectivity index (χ3v) is 3.64. The molecule has 0 aliphatic heterocycles. The summed E-state index contributed by atoms with van der Waals surface area (Å²) in [7, 11) is 0. The van der Waals surface area contributed by atoms with Crippen LogP contribution in [0.2, 0.25) is 0 Å². The Morgan fingerprint density at radius 3 is 2.00 bits per heavy atom. The number of nitrogens with zero attached hydrogens (tertiary/aromatic N) is 2. The van der Waals surface area contributed by atoms with Crippen molar-refractivity contribution >= 4 is 23.3 Å². The van der Waals surface area contributed by atoms with Crippen LogP contribution in [0.5, 0.6) is 0 Å². The smallest absolute Gasteiger partial charge is 0.148 e. The molecule has 150 valence electrons. The van der Waals surface area contributed by atoms with E-state index in [9.17, 15) is 24.1 Å². The molecule has 0 aliphatic carbocycles. The molecule has 3 atom stereocenters. The molecule has 0 radical (unpaired) electrons. The number of para-hydroxylation sites is 2. The first kappa shape index (κ1) is 21.4. The molecule has 0 heterocycles. The van der Waals surface area contributed by atoms with E-state index < -0.39 is 36.6 Å². The van der Waals surface area contributed by atoms with Gasteiger partial charge in [-0.15, -0.1) is 0 Å². The Morgan fingerprint density at radius 1 is 0.929 bits per heavy atom. The Balaban J connectivity index is 2.22. The average Bonchev–Trinajstić information content (AvgIpc) is 2.71. The summed E-state index contributed by atoms with van der Waals surface area (Å²) < 4.78 is 27.3. The molecule has 0 saturated carbocycles. The van der Waals surface area contributed by atoms with E-state index in [0.29, 0.717) is 0 Å². The fourth-order valence-electron chi connectivity index (χ4n) is 2.06. The van der Waals surface area contributed by atoms with Crippen molar-refractivity contribution in [2.75, 3.05) is 17.5 Å². The van der Waals surface area contributed by atoms with Crippen molar-refractivity contribution in [3.8, 4) is 0 Å². The SMILES string of the molecule is OC[C@@H](O)[C@@H](O)[C@H](O)C(/C=N\Nc1ccccc1F)=N\Nc1ccccc1F. The minimum absolute atomic E-state index is 0.0140. The van der Waals surface area contributed by atoms with Gasteiger partial charge in [0.2, 0.25) is 0 Å². The first-order valence-electron chi connectivity index (χ1n) is 8.20. The van der Waals surface area contributed by atoms with Gasteiger partial charge in [-0.3, -0.25) is 10.9 Å². The van der Waals surface area contributed by atoms with Gasteiger partial charge < -0.3 is 20.4 Å². The Labute approximate surface area is 159 Å². The van der Waals surface area contributed by atoms with Crippen LogP contribution < -0.4 is 10.9 Å². The molecule has 0 bridgehead atoms. The molecule has 0 spiro atoms. The summed E-state index contributed by atoms with van der Waals surface area (Å²) in [6, 6.07) is 11.3. The van der Waals surface area contributed by atoms with Crippen molar-refractivity contribution in [3.05, 3.63) is 60.2 Å². The maximum absolute atomic E-state index is 13.7. The van der Waals surface area contributed by atoms with Crippen LogP contribution in [0.25, 0.3) is 0 Å². The van der Waals surface area contributed by atoms with Crippen LogP contribution in [0.3, 0.4) is 0 Å². The van der Waals surface area contributed by atoms with Gasteiger partial charge in [-0.05, 0) is 24.3 Å². The maximum Gasteiger partial charge on any atom is 0.148 e. The van der Waals surface area contributed by atoms with E-state index in [1.807, 2.05) is 0 Å². The molecule has 2 rings (SSSR count). The highest BCUT2D eigenvalue weighted by atomic mass is 19.1. The summed E-state index contributed by atoms with van der Waals surface area (Å²) in [6.07, 6.45) is -4.28. The molecule has 0 amide bonds. The first-order valence-corrected chi connectivity index (χ1v) is 8.20. The van der Waals surface area contributed by atoms with Crippen LogP contribution in [0.4, 0.5) is 20.2 Å². The lowest BCUT2D eigenvalue weighted by molar-refractivity contribution is -0.0548. The minimum atomic E-state index is -1.80. The zero-order valence-corrected chi connectivity index (χ0v) is 14.6. The highest BCUT2D eigenvalue weighted by Crippen LogP contribution is 2.14. The van der Waals surface area contributed by atoms with E-state index in [1.165, 1.54) is 36.4 Å². The van der Waals surface area contributed by atoms with Crippen LogP contribution in [0.1, 0.15) is 0 Å². The Bertz CT molecular complexity index is 835. The van der Waals surface area contributed by atoms with Gasteiger partial charge in [-0.2, -0.15) is 10.2 Å². The summed E-state index contributed by atoms with van der Waals surface area (Å²) in [6.45, 7) is -0.809. The van der Waals surface area contributed by atoms with E-state index in [4.69, 9.17) is 5.11 Å². The standard InChI is InChI=1S/C18H20F2N4O4/c19-11-5-1-3-7-13(11)22-21-9-15(17(27)18(28)16(26)10-25)24-23-14-8-4-2-6-12(14)20/h1-9,16-18,22-23,25-28H,10H2/b21-9-,24-15-/t16-,17-,18-/m1/s1. The topological polar surface area (TPSA) is 130 Å². The van der Waals surface area contributed by atoms with Crippen LogP contribution in [0, 0.1) is 11.6 Å². The average molecular weight is 394 g/mol. The van der Waals surface area contributed by atoms with E-state index in [0.717, 1.165) is 6.21 Å². The van der Waals surface area contributed by atoms with Gasteiger partial charge in [-0.25, -0.2) is 8.78 Å². The fraction of sp³-hybridized carbons (Fsp3) is 0.222. The number of halogens is 2. The van der Waals surface area contributed by atoms with Crippen molar-refractivity contribution in [2.24, 2.45) is 10.2 Å². The number of aliphatic hydroxyl groups excluding tert-OH is 4. The molecule has 0 fully saturated rings. The van der Waals surface area contributed by atoms with Crippen molar-refractivity contribution in [1.82, 2.24) is 0 Å². The van der Waals surface area contributed by atoms with Gasteiger partial charge in [0.15, 0.2) is 0 Å². The third-order valence-electron chi connectivity index (χ3n) is 3.64. The summed E-state index contributed by atoms with van der Waals surface area (Å²) in [4.78, 5) is 0. The lowest BCUT2D eigenvalue weighted by atomic mass is 10.0. The normalized spacial score (nSPS) is 15.3. The summed E-state index contributed by atoms with van der Waals surface area (Å²) in [5.41, 5.74) is 4.49. The molecular formula is C18H20F2N4O4. The fourth-order valence-corrected chi connectivity index (χ4v) is 2.06. The second kappa shape index (κ2) is 10.4. The van der Waals surface area contributed by atoms with Crippen LogP contribution in [-0.4, -0.2) is 57.3 Å². The summed E-state index contributed by atoms with van der Waals surface area (Å²) in [5.74, 6) is -1.18. The molecule has 0 aromatic heterocycles. The molecule has 10 heteroatoms.